The molecule has 1 aliphatic carbocycles. The van der Waals surface area contributed by atoms with Gasteiger partial charge < -0.3 is 4.74 Å². The maximum atomic E-state index is 12.8. The van der Waals surface area contributed by atoms with Crippen molar-refractivity contribution >= 4 is 11.8 Å². The highest BCUT2D eigenvalue weighted by atomic mass is 16.5. The van der Waals surface area contributed by atoms with Gasteiger partial charge in [0.25, 0.3) is 11.8 Å². The van der Waals surface area contributed by atoms with Crippen LogP contribution in [-0.2, 0) is 11.3 Å². The molecule has 0 unspecified atom stereocenters. The Kier molecular flexibility index (Phi) is 5.04. The Labute approximate surface area is 165 Å². The molecule has 0 radical (unpaired) electrons. The van der Waals surface area contributed by atoms with Crippen molar-refractivity contribution in [3.05, 3.63) is 71.3 Å². The molecule has 1 aliphatic heterocycles. The fraction of sp³-hybridized carbons (Fsp3) is 0.391. The van der Waals surface area contributed by atoms with Gasteiger partial charge in [-0.25, -0.2) is 0 Å². The van der Waals surface area contributed by atoms with Crippen molar-refractivity contribution in [2.45, 2.75) is 25.5 Å². The van der Waals surface area contributed by atoms with E-state index in [0.29, 0.717) is 36.8 Å². The fourth-order valence-corrected chi connectivity index (χ4v) is 4.23. The number of fused-ring (bicyclic) bond motifs is 1. The largest absolute Gasteiger partial charge is 0.376 e. The molecule has 0 spiro atoms. The van der Waals surface area contributed by atoms with Gasteiger partial charge in [0.2, 0.25) is 0 Å². The van der Waals surface area contributed by atoms with E-state index in [9.17, 15) is 9.59 Å². The van der Waals surface area contributed by atoms with Crippen LogP contribution < -0.4 is 0 Å². The molecule has 0 aromatic heterocycles. The molecule has 0 bridgehead atoms. The van der Waals surface area contributed by atoms with Gasteiger partial charge in [0.15, 0.2) is 0 Å². The van der Waals surface area contributed by atoms with Gasteiger partial charge >= 0.3 is 0 Å². The zero-order chi connectivity index (χ0) is 19.7. The molecule has 2 amide bonds. The Morgan fingerprint density at radius 2 is 1.64 bits per heavy atom. The number of likely N-dealkylation sites (N-methyl/N-ethyl adjacent to an activating group) is 1. The Hall–Kier alpha value is -2.50. The highest BCUT2D eigenvalue weighted by Gasteiger charge is 2.59. The topological polar surface area (TPSA) is 49.9 Å². The average molecular weight is 378 g/mol. The first-order valence-electron chi connectivity index (χ1n) is 9.85. The van der Waals surface area contributed by atoms with Gasteiger partial charge in [-0.15, -0.1) is 0 Å². The van der Waals surface area contributed by atoms with Gasteiger partial charge in [0.1, 0.15) is 0 Å². The van der Waals surface area contributed by atoms with E-state index in [1.54, 1.807) is 24.3 Å². The number of benzene rings is 2. The van der Waals surface area contributed by atoms with Crippen molar-refractivity contribution in [1.82, 2.24) is 9.80 Å². The van der Waals surface area contributed by atoms with Crippen LogP contribution in [-0.4, -0.2) is 53.9 Å². The van der Waals surface area contributed by atoms with Crippen LogP contribution in [0.3, 0.4) is 0 Å². The van der Waals surface area contributed by atoms with Crippen LogP contribution >= 0.6 is 0 Å². The molecule has 0 N–H and O–H groups in total. The van der Waals surface area contributed by atoms with Gasteiger partial charge in [-0.3, -0.25) is 19.4 Å². The van der Waals surface area contributed by atoms with Crippen molar-refractivity contribution in [3.63, 3.8) is 0 Å². The molecular weight excluding hydrogens is 352 g/mol. The van der Waals surface area contributed by atoms with Crippen molar-refractivity contribution in [2.75, 3.05) is 26.7 Å². The maximum absolute atomic E-state index is 12.8. The number of hydrogen-bond donors (Lipinski definition) is 0. The standard InChI is InChI=1S/C23H26N2O3/c1-3-24(2)23(13-18(23)15-28-14-17-9-5-4-6-10-17)16-25-21(26)19-11-7-8-12-20(19)22(25)27/h4-12,18H,3,13-16H2,1-2H3/t18-,23-/m1/s1. The molecule has 1 fully saturated rings. The number of imide groups is 1. The van der Waals surface area contributed by atoms with Crippen molar-refractivity contribution < 1.29 is 14.3 Å². The van der Waals surface area contributed by atoms with Crippen LogP contribution in [0.2, 0.25) is 0 Å². The lowest BCUT2D eigenvalue weighted by Gasteiger charge is -2.31. The molecule has 1 heterocycles. The summed E-state index contributed by atoms with van der Waals surface area (Å²) in [5.41, 5.74) is 1.98. The summed E-state index contributed by atoms with van der Waals surface area (Å²) in [6, 6.07) is 17.2. The van der Waals surface area contributed by atoms with E-state index in [-0.39, 0.29) is 17.4 Å². The minimum Gasteiger partial charge on any atom is -0.376 e. The summed E-state index contributed by atoms with van der Waals surface area (Å²) in [6.07, 6.45) is 0.930. The Morgan fingerprint density at radius 1 is 1.04 bits per heavy atom. The van der Waals surface area contributed by atoms with Crippen LogP contribution in [0.15, 0.2) is 54.6 Å². The summed E-state index contributed by atoms with van der Waals surface area (Å²) in [4.78, 5) is 29.3. The minimum atomic E-state index is -0.196. The molecule has 4 rings (SSSR count). The molecule has 1 saturated carbocycles. The average Bonchev–Trinajstić information content (AvgIpc) is 3.39. The highest BCUT2D eigenvalue weighted by molar-refractivity contribution is 6.21. The zero-order valence-corrected chi connectivity index (χ0v) is 16.4. The van der Waals surface area contributed by atoms with Crippen LogP contribution in [0.1, 0.15) is 39.6 Å². The third kappa shape index (κ3) is 3.25. The molecule has 146 valence electrons. The predicted octanol–water partition coefficient (Wildman–Crippen LogP) is 3.21. The number of hydrogen-bond acceptors (Lipinski definition) is 4. The Morgan fingerprint density at radius 3 is 2.25 bits per heavy atom. The number of amides is 2. The van der Waals surface area contributed by atoms with Crippen LogP contribution in [0.5, 0.6) is 0 Å². The van der Waals surface area contributed by atoms with Gasteiger partial charge in [0.05, 0.1) is 24.3 Å². The van der Waals surface area contributed by atoms with E-state index in [1.165, 1.54) is 4.90 Å². The second kappa shape index (κ2) is 7.49. The lowest BCUT2D eigenvalue weighted by Crippen LogP contribution is -2.48. The first-order chi connectivity index (χ1) is 13.6. The Balaban J connectivity index is 1.43. The van der Waals surface area contributed by atoms with Gasteiger partial charge in [-0.1, -0.05) is 49.4 Å². The van der Waals surface area contributed by atoms with E-state index >= 15 is 0 Å². The van der Waals surface area contributed by atoms with Crippen LogP contribution in [0.4, 0.5) is 0 Å². The van der Waals surface area contributed by atoms with Crippen molar-refractivity contribution in [2.24, 2.45) is 5.92 Å². The molecule has 2 aromatic rings. The van der Waals surface area contributed by atoms with E-state index in [2.05, 4.69) is 31.0 Å². The number of carbonyl (C=O) groups is 2. The van der Waals surface area contributed by atoms with Crippen LogP contribution in [0, 0.1) is 5.92 Å². The highest BCUT2D eigenvalue weighted by Crippen LogP contribution is 2.49. The molecule has 2 aromatic carbocycles. The van der Waals surface area contributed by atoms with Gasteiger partial charge in [0, 0.05) is 18.0 Å². The van der Waals surface area contributed by atoms with Crippen LogP contribution in [0.25, 0.3) is 0 Å². The number of nitrogens with zero attached hydrogens (tertiary/aromatic N) is 2. The number of rotatable bonds is 8. The number of ether oxygens (including phenoxy) is 1. The summed E-state index contributed by atoms with van der Waals surface area (Å²) >= 11 is 0. The lowest BCUT2D eigenvalue weighted by atomic mass is 10.1. The van der Waals surface area contributed by atoms with Gasteiger partial charge in [-0.2, -0.15) is 0 Å². The summed E-state index contributed by atoms with van der Waals surface area (Å²) in [7, 11) is 2.06. The quantitative estimate of drug-likeness (QED) is 0.662. The van der Waals surface area contributed by atoms with E-state index in [1.807, 2.05) is 18.2 Å². The normalized spacial score (nSPS) is 23.4. The maximum Gasteiger partial charge on any atom is 0.261 e. The minimum absolute atomic E-state index is 0.180. The third-order valence-corrected chi connectivity index (χ3v) is 6.17. The zero-order valence-electron chi connectivity index (χ0n) is 16.4. The monoisotopic (exact) mass is 378 g/mol. The summed E-state index contributed by atoms with van der Waals surface area (Å²) in [6.45, 7) is 4.59. The summed E-state index contributed by atoms with van der Waals surface area (Å²) in [5, 5.41) is 0. The predicted molar refractivity (Wildman–Crippen MR) is 107 cm³/mol. The molecule has 28 heavy (non-hydrogen) atoms. The fourth-order valence-electron chi connectivity index (χ4n) is 4.23. The molecule has 2 atom stereocenters. The smallest absolute Gasteiger partial charge is 0.261 e. The van der Waals surface area contributed by atoms with E-state index in [4.69, 9.17) is 4.74 Å². The van der Waals surface area contributed by atoms with E-state index in [0.717, 1.165) is 18.5 Å². The molecule has 5 nitrogen and oxygen atoms in total. The number of carbonyl (C=O) groups excluding carboxylic acids is 2. The van der Waals surface area contributed by atoms with Crippen molar-refractivity contribution in [3.8, 4) is 0 Å². The Bertz CT molecular complexity index is 847. The molecule has 0 saturated heterocycles. The first-order valence-corrected chi connectivity index (χ1v) is 9.85. The SMILES string of the molecule is CCN(C)[C@@]1(CN2C(=O)c3ccccc3C2=O)C[C@@H]1COCc1ccccc1. The molecular formula is C23H26N2O3. The summed E-state index contributed by atoms with van der Waals surface area (Å²) < 4.78 is 5.96. The third-order valence-electron chi connectivity index (χ3n) is 6.17. The molecule has 2 aliphatic rings. The molecule has 5 heteroatoms. The first kappa shape index (κ1) is 18.8. The second-order valence-corrected chi connectivity index (χ2v) is 7.76. The summed E-state index contributed by atoms with van der Waals surface area (Å²) in [5.74, 6) is -0.0499. The second-order valence-electron chi connectivity index (χ2n) is 7.76. The van der Waals surface area contributed by atoms with Crippen molar-refractivity contribution in [1.29, 1.82) is 0 Å². The lowest BCUT2D eigenvalue weighted by molar-refractivity contribution is 0.0525. The van der Waals surface area contributed by atoms with Gasteiger partial charge in [-0.05, 0) is 37.7 Å². The van der Waals surface area contributed by atoms with E-state index < -0.39 is 0 Å².